The number of aliphatic imine (C=N–C) groups is 1. The molecule has 118 valence electrons. The summed E-state index contributed by atoms with van der Waals surface area (Å²) in [5.41, 5.74) is 1.03. The van der Waals surface area contributed by atoms with Crippen molar-refractivity contribution >= 4 is 16.0 Å². The Balaban J connectivity index is 2.57. The van der Waals surface area contributed by atoms with Crippen LogP contribution in [0.3, 0.4) is 0 Å². The fourth-order valence-electron chi connectivity index (χ4n) is 1.55. The molecule has 7 nitrogen and oxygen atoms in total. The number of sulfonamides is 1. The second-order valence-corrected chi connectivity index (χ2v) is 6.07. The highest BCUT2D eigenvalue weighted by Crippen LogP contribution is 2.11. The van der Waals surface area contributed by atoms with Crippen LogP contribution in [0.25, 0.3) is 0 Å². The summed E-state index contributed by atoms with van der Waals surface area (Å²) in [6, 6.07) is 7.59. The zero-order chi connectivity index (χ0) is 15.7. The number of primary sulfonamides is 1. The summed E-state index contributed by atoms with van der Waals surface area (Å²) >= 11 is 0. The average Bonchev–Trinajstić information content (AvgIpc) is 2.44. The van der Waals surface area contributed by atoms with Gasteiger partial charge >= 0.3 is 0 Å². The summed E-state index contributed by atoms with van der Waals surface area (Å²) in [6.07, 6.45) is 0. The van der Waals surface area contributed by atoms with Crippen LogP contribution in [0.2, 0.25) is 0 Å². The lowest BCUT2D eigenvalue weighted by atomic mass is 10.2. The molecule has 8 heteroatoms. The maximum atomic E-state index is 10.9. The number of guanidine groups is 1. The highest BCUT2D eigenvalue weighted by atomic mass is 32.2. The number of nitrogens with two attached hydrogens (primary N) is 1. The van der Waals surface area contributed by atoms with E-state index in [-0.39, 0.29) is 12.3 Å². The fraction of sp³-hybridized carbons (Fsp3) is 0.462. The van der Waals surface area contributed by atoms with Crippen molar-refractivity contribution in [3.63, 3.8) is 0 Å². The number of hydrogen-bond acceptors (Lipinski definition) is 4. The maximum absolute atomic E-state index is 10.9. The molecule has 0 aliphatic heterocycles. The van der Waals surface area contributed by atoms with E-state index in [0.29, 0.717) is 19.0 Å². The molecule has 1 rings (SSSR count). The number of ether oxygens (including phenoxy) is 1. The van der Waals surface area contributed by atoms with E-state index in [2.05, 4.69) is 15.6 Å². The van der Waals surface area contributed by atoms with Crippen molar-refractivity contribution in [1.82, 2.24) is 10.6 Å². The molecule has 0 bridgehead atoms. The molecule has 1 aromatic carbocycles. The normalized spacial score (nSPS) is 12.0. The van der Waals surface area contributed by atoms with Crippen LogP contribution in [0, 0.1) is 0 Å². The van der Waals surface area contributed by atoms with Gasteiger partial charge in [-0.3, -0.25) is 0 Å². The Morgan fingerprint density at radius 1 is 1.29 bits per heavy atom. The average molecular weight is 314 g/mol. The second-order valence-electron chi connectivity index (χ2n) is 4.34. The quantitative estimate of drug-likeness (QED) is 0.487. The molecule has 0 saturated carbocycles. The third-order valence-electron chi connectivity index (χ3n) is 2.60. The van der Waals surface area contributed by atoms with Crippen molar-refractivity contribution in [2.75, 3.05) is 26.0 Å². The van der Waals surface area contributed by atoms with Gasteiger partial charge in [0.2, 0.25) is 10.0 Å². The zero-order valence-electron chi connectivity index (χ0n) is 12.3. The first kappa shape index (κ1) is 17.3. The third-order valence-corrected chi connectivity index (χ3v) is 3.38. The van der Waals surface area contributed by atoms with E-state index >= 15 is 0 Å². The number of benzene rings is 1. The number of rotatable bonds is 7. The molecule has 0 fully saturated rings. The van der Waals surface area contributed by atoms with E-state index in [0.717, 1.165) is 11.3 Å². The van der Waals surface area contributed by atoms with Crippen LogP contribution in [0.15, 0.2) is 29.3 Å². The van der Waals surface area contributed by atoms with Crippen LogP contribution in [-0.2, 0) is 16.6 Å². The number of hydrogen-bond donors (Lipinski definition) is 3. The van der Waals surface area contributed by atoms with Gasteiger partial charge in [0.25, 0.3) is 0 Å². The van der Waals surface area contributed by atoms with Gasteiger partial charge in [0, 0.05) is 13.1 Å². The number of methoxy groups -OCH3 is 1. The molecule has 4 N–H and O–H groups in total. The molecule has 0 aromatic heterocycles. The van der Waals surface area contributed by atoms with Crippen molar-refractivity contribution in [2.24, 2.45) is 10.1 Å². The topological polar surface area (TPSA) is 106 Å². The predicted octanol–water partition coefficient (Wildman–Crippen LogP) is 0.0388. The molecule has 0 radical (unpaired) electrons. The Morgan fingerprint density at radius 2 is 1.95 bits per heavy atom. The van der Waals surface area contributed by atoms with Crippen LogP contribution in [0.1, 0.15) is 12.5 Å². The predicted molar refractivity (Wildman–Crippen MR) is 83.8 cm³/mol. The fourth-order valence-corrected chi connectivity index (χ4v) is 1.94. The van der Waals surface area contributed by atoms with Crippen LogP contribution < -0.4 is 20.5 Å². The minimum atomic E-state index is -3.47. The molecule has 0 heterocycles. The van der Waals surface area contributed by atoms with Crippen molar-refractivity contribution in [3.05, 3.63) is 29.8 Å². The lowest BCUT2D eigenvalue weighted by molar-refractivity contribution is 0.414. The smallest absolute Gasteiger partial charge is 0.210 e. The van der Waals surface area contributed by atoms with Gasteiger partial charge in [0.1, 0.15) is 5.75 Å². The summed E-state index contributed by atoms with van der Waals surface area (Å²) in [7, 11) is -1.85. The second kappa shape index (κ2) is 8.48. The Bertz CT molecular complexity index is 555. The van der Waals surface area contributed by atoms with Gasteiger partial charge in [-0.15, -0.1) is 0 Å². The molecule has 0 amide bonds. The lowest BCUT2D eigenvalue weighted by Gasteiger charge is -2.10. The first-order valence-corrected chi connectivity index (χ1v) is 8.31. The van der Waals surface area contributed by atoms with Crippen molar-refractivity contribution < 1.29 is 13.2 Å². The standard InChI is InChI=1S/C13H22N4O3S/c1-3-15-13(16-8-9-21(14,18)19)17-10-11-4-6-12(20-2)7-5-11/h4-7H,3,8-10H2,1-2H3,(H2,14,18,19)(H2,15,16,17). The van der Waals surface area contributed by atoms with E-state index in [1.807, 2.05) is 31.2 Å². The summed E-state index contributed by atoms with van der Waals surface area (Å²) in [4.78, 5) is 4.38. The maximum Gasteiger partial charge on any atom is 0.210 e. The van der Waals surface area contributed by atoms with Gasteiger partial charge < -0.3 is 15.4 Å². The van der Waals surface area contributed by atoms with Crippen molar-refractivity contribution in [3.8, 4) is 5.75 Å². The van der Waals surface area contributed by atoms with Gasteiger partial charge in [-0.1, -0.05) is 12.1 Å². The minimum Gasteiger partial charge on any atom is -0.497 e. The summed E-state index contributed by atoms with van der Waals surface area (Å²) < 4.78 is 26.8. The van der Waals surface area contributed by atoms with Gasteiger partial charge in [0.15, 0.2) is 5.96 Å². The summed E-state index contributed by atoms with van der Waals surface area (Å²) in [5, 5.41) is 10.9. The van der Waals surface area contributed by atoms with Gasteiger partial charge in [-0.2, -0.15) is 0 Å². The Kier molecular flexibility index (Phi) is 6.97. The first-order chi connectivity index (χ1) is 9.94. The van der Waals surface area contributed by atoms with Crippen LogP contribution in [0.4, 0.5) is 0 Å². The van der Waals surface area contributed by atoms with E-state index in [9.17, 15) is 8.42 Å². The summed E-state index contributed by atoms with van der Waals surface area (Å²) in [5.74, 6) is 1.21. The Morgan fingerprint density at radius 3 is 2.48 bits per heavy atom. The van der Waals surface area contributed by atoms with Crippen LogP contribution >= 0.6 is 0 Å². The van der Waals surface area contributed by atoms with Crippen molar-refractivity contribution in [1.29, 1.82) is 0 Å². The highest BCUT2D eigenvalue weighted by molar-refractivity contribution is 7.89. The lowest BCUT2D eigenvalue weighted by Crippen LogP contribution is -2.40. The third kappa shape index (κ3) is 7.52. The SMILES string of the molecule is CCNC(=NCc1ccc(OC)cc1)NCCS(N)(=O)=O. The highest BCUT2D eigenvalue weighted by Gasteiger charge is 2.03. The van der Waals surface area contributed by atoms with E-state index in [1.54, 1.807) is 7.11 Å². The minimum absolute atomic E-state index is 0.139. The zero-order valence-corrected chi connectivity index (χ0v) is 13.1. The van der Waals surface area contributed by atoms with Gasteiger partial charge in [0.05, 0.1) is 19.4 Å². The molecule has 0 aliphatic rings. The Labute approximate surface area is 125 Å². The molecular weight excluding hydrogens is 292 g/mol. The monoisotopic (exact) mass is 314 g/mol. The molecule has 0 atom stereocenters. The van der Waals surface area contributed by atoms with Crippen molar-refractivity contribution in [2.45, 2.75) is 13.5 Å². The number of nitrogens with one attached hydrogen (secondary N) is 2. The molecule has 21 heavy (non-hydrogen) atoms. The summed E-state index contributed by atoms with van der Waals surface area (Å²) in [6.45, 7) is 3.32. The molecule has 0 saturated heterocycles. The van der Waals surface area contributed by atoms with E-state index in [1.165, 1.54) is 0 Å². The van der Waals surface area contributed by atoms with Gasteiger partial charge in [-0.25, -0.2) is 18.5 Å². The van der Waals surface area contributed by atoms with Gasteiger partial charge in [-0.05, 0) is 24.6 Å². The Hall–Kier alpha value is -1.80. The number of nitrogens with zero attached hydrogens (tertiary/aromatic N) is 1. The van der Waals surface area contributed by atoms with E-state index in [4.69, 9.17) is 9.88 Å². The molecule has 0 aliphatic carbocycles. The molecule has 0 unspecified atom stereocenters. The molecule has 0 spiro atoms. The molecular formula is C13H22N4O3S. The first-order valence-electron chi connectivity index (χ1n) is 6.60. The van der Waals surface area contributed by atoms with E-state index < -0.39 is 10.0 Å². The van der Waals surface area contributed by atoms with Crippen LogP contribution in [0.5, 0.6) is 5.75 Å². The largest absolute Gasteiger partial charge is 0.497 e. The molecule has 1 aromatic rings. The van der Waals surface area contributed by atoms with Crippen LogP contribution in [-0.4, -0.2) is 40.3 Å².